The van der Waals surface area contributed by atoms with Crippen molar-refractivity contribution in [3.05, 3.63) is 29.3 Å². The fourth-order valence-electron chi connectivity index (χ4n) is 2.71. The van der Waals surface area contributed by atoms with Crippen LogP contribution >= 0.6 is 0 Å². The number of hydrogen-bond acceptors (Lipinski definition) is 3. The quantitative estimate of drug-likeness (QED) is 0.720. The number of fused-ring (bicyclic) bond motifs is 2. The van der Waals surface area contributed by atoms with Gasteiger partial charge in [0.25, 0.3) is 0 Å². The summed E-state index contributed by atoms with van der Waals surface area (Å²) in [5, 5.41) is 6.09. The van der Waals surface area contributed by atoms with Crippen molar-refractivity contribution in [3.8, 4) is 0 Å². The van der Waals surface area contributed by atoms with Gasteiger partial charge in [0, 0.05) is 12.1 Å². The van der Waals surface area contributed by atoms with Gasteiger partial charge < -0.3 is 10.1 Å². The lowest BCUT2D eigenvalue weighted by Crippen LogP contribution is -2.49. The van der Waals surface area contributed by atoms with Crippen molar-refractivity contribution in [3.63, 3.8) is 0 Å². The Morgan fingerprint density at radius 3 is 3.06 bits per heavy atom. The molecule has 1 aromatic carbocycles. The highest BCUT2D eigenvalue weighted by Gasteiger charge is 2.42. The van der Waals surface area contributed by atoms with Gasteiger partial charge in [0.1, 0.15) is 0 Å². The molecule has 3 rings (SSSR count). The first-order valence-corrected chi connectivity index (χ1v) is 6.01. The first-order valence-electron chi connectivity index (χ1n) is 6.01. The smallest absolute Gasteiger partial charge is 0.412 e. The molecule has 1 fully saturated rings. The highest BCUT2D eigenvalue weighted by atomic mass is 16.6. The fourth-order valence-corrected chi connectivity index (χ4v) is 2.71. The highest BCUT2D eigenvalue weighted by Crippen LogP contribution is 2.40. The van der Waals surface area contributed by atoms with Crippen molar-refractivity contribution in [1.82, 2.24) is 5.32 Å². The van der Waals surface area contributed by atoms with Crippen LogP contribution in [0.5, 0.6) is 0 Å². The summed E-state index contributed by atoms with van der Waals surface area (Å²) in [6.45, 7) is 3.76. The second-order valence-corrected chi connectivity index (χ2v) is 4.84. The van der Waals surface area contributed by atoms with E-state index in [4.69, 9.17) is 4.74 Å². The number of benzene rings is 1. The summed E-state index contributed by atoms with van der Waals surface area (Å²) in [6, 6.07) is 6.08. The van der Waals surface area contributed by atoms with Gasteiger partial charge in [-0.2, -0.15) is 0 Å². The number of amides is 1. The third-order valence-electron chi connectivity index (χ3n) is 3.54. The number of carbonyl (C=O) groups is 1. The maximum Gasteiger partial charge on any atom is 0.412 e. The Labute approximate surface area is 100 Å². The molecule has 90 valence electrons. The molecule has 1 amide bonds. The number of aryl methyl sites for hydroxylation is 1. The Morgan fingerprint density at radius 2 is 2.29 bits per heavy atom. The summed E-state index contributed by atoms with van der Waals surface area (Å²) < 4.78 is 5.58. The van der Waals surface area contributed by atoms with E-state index in [9.17, 15) is 4.79 Å². The van der Waals surface area contributed by atoms with E-state index in [1.54, 1.807) is 0 Å². The van der Waals surface area contributed by atoms with Crippen LogP contribution in [-0.2, 0) is 10.3 Å². The topological polar surface area (TPSA) is 50.4 Å². The van der Waals surface area contributed by atoms with E-state index < -0.39 is 5.60 Å². The number of hydrogen-bond donors (Lipinski definition) is 2. The van der Waals surface area contributed by atoms with Gasteiger partial charge in [-0.05, 0) is 38.4 Å². The molecule has 0 aliphatic carbocycles. The second-order valence-electron chi connectivity index (χ2n) is 4.84. The van der Waals surface area contributed by atoms with Gasteiger partial charge in [-0.25, -0.2) is 4.79 Å². The molecule has 2 aliphatic heterocycles. The number of ether oxygens (including phenoxy) is 1. The van der Waals surface area contributed by atoms with Crippen molar-refractivity contribution < 1.29 is 9.53 Å². The molecule has 1 unspecified atom stereocenters. The molecule has 2 N–H and O–H groups in total. The molecule has 1 saturated heterocycles. The predicted molar refractivity (Wildman–Crippen MR) is 65.1 cm³/mol. The number of nitrogens with one attached hydrogen (secondary N) is 2. The molecule has 1 spiro atoms. The summed E-state index contributed by atoms with van der Waals surface area (Å²) >= 11 is 0. The Kier molecular flexibility index (Phi) is 2.33. The molecule has 2 heterocycles. The van der Waals surface area contributed by atoms with E-state index in [0.717, 1.165) is 30.6 Å². The van der Waals surface area contributed by atoms with Crippen LogP contribution in [0.2, 0.25) is 0 Å². The summed E-state index contributed by atoms with van der Waals surface area (Å²) in [6.07, 6.45) is 1.58. The highest BCUT2D eigenvalue weighted by molar-refractivity contribution is 5.89. The lowest BCUT2D eigenvalue weighted by Gasteiger charge is -2.41. The number of piperidine rings is 1. The Hall–Kier alpha value is -1.55. The second kappa shape index (κ2) is 3.74. The van der Waals surface area contributed by atoms with Crippen molar-refractivity contribution >= 4 is 11.8 Å². The van der Waals surface area contributed by atoms with Gasteiger partial charge in [0.05, 0.1) is 5.69 Å². The van der Waals surface area contributed by atoms with E-state index in [-0.39, 0.29) is 6.09 Å². The zero-order valence-electron chi connectivity index (χ0n) is 9.88. The minimum absolute atomic E-state index is 0.343. The molecule has 4 nitrogen and oxygen atoms in total. The summed E-state index contributed by atoms with van der Waals surface area (Å²) in [5.41, 5.74) is 2.70. The van der Waals surface area contributed by atoms with Crippen LogP contribution in [0.3, 0.4) is 0 Å². The lowest BCUT2D eigenvalue weighted by molar-refractivity contribution is -0.00728. The molecule has 0 radical (unpaired) electrons. The van der Waals surface area contributed by atoms with Crippen LogP contribution in [0.4, 0.5) is 10.5 Å². The van der Waals surface area contributed by atoms with E-state index >= 15 is 0 Å². The van der Waals surface area contributed by atoms with Gasteiger partial charge in [0.15, 0.2) is 5.60 Å². The maximum atomic E-state index is 11.6. The standard InChI is InChI=1S/C13H16N2O2/c1-9-3-4-11-10(7-9)13(17-12(16)15-11)5-2-6-14-8-13/h3-4,7,14H,2,5-6,8H2,1H3,(H,15,16). The fraction of sp³-hybridized carbons (Fsp3) is 0.462. The van der Waals surface area contributed by atoms with Crippen molar-refractivity contribution in [2.75, 3.05) is 18.4 Å². The van der Waals surface area contributed by atoms with Crippen molar-refractivity contribution in [1.29, 1.82) is 0 Å². The molecular formula is C13H16N2O2. The molecule has 0 aromatic heterocycles. The van der Waals surface area contributed by atoms with Crippen molar-refractivity contribution in [2.45, 2.75) is 25.4 Å². The third-order valence-corrected chi connectivity index (χ3v) is 3.54. The van der Waals surface area contributed by atoms with Crippen molar-refractivity contribution in [2.24, 2.45) is 0 Å². The Balaban J connectivity index is 2.11. The Morgan fingerprint density at radius 1 is 1.41 bits per heavy atom. The number of carbonyl (C=O) groups excluding carboxylic acids is 1. The summed E-state index contributed by atoms with van der Waals surface area (Å²) in [7, 11) is 0. The first kappa shape index (κ1) is 10.6. The van der Waals surface area contributed by atoms with E-state index in [1.807, 2.05) is 12.1 Å². The first-order chi connectivity index (χ1) is 8.20. The Bertz CT molecular complexity index is 464. The molecule has 1 aromatic rings. The molecule has 1 atom stereocenters. The van der Waals surface area contributed by atoms with Gasteiger partial charge in [0.2, 0.25) is 0 Å². The molecule has 2 aliphatic rings. The zero-order valence-corrected chi connectivity index (χ0v) is 9.88. The van der Waals surface area contributed by atoms with Crippen LogP contribution in [0, 0.1) is 6.92 Å². The molecule has 4 heteroatoms. The van der Waals surface area contributed by atoms with Gasteiger partial charge in [-0.15, -0.1) is 0 Å². The van der Waals surface area contributed by atoms with E-state index in [1.165, 1.54) is 5.56 Å². The van der Waals surface area contributed by atoms with Gasteiger partial charge in [-0.1, -0.05) is 11.6 Å². The molecule has 17 heavy (non-hydrogen) atoms. The van der Waals surface area contributed by atoms with Gasteiger partial charge in [-0.3, -0.25) is 5.32 Å². The average Bonchev–Trinajstić information content (AvgIpc) is 2.31. The summed E-state index contributed by atoms with van der Waals surface area (Å²) in [4.78, 5) is 11.6. The molecular weight excluding hydrogens is 216 g/mol. The SMILES string of the molecule is Cc1ccc2c(c1)C1(CCCNC1)OC(=O)N2. The molecule has 0 saturated carbocycles. The minimum atomic E-state index is -0.470. The molecule has 0 bridgehead atoms. The lowest BCUT2D eigenvalue weighted by atomic mass is 9.83. The van der Waals surface area contributed by atoms with Crippen LogP contribution in [-0.4, -0.2) is 19.2 Å². The number of anilines is 1. The minimum Gasteiger partial charge on any atom is -0.436 e. The van der Waals surface area contributed by atoms with Crippen LogP contribution in [0.1, 0.15) is 24.0 Å². The largest absolute Gasteiger partial charge is 0.436 e. The van der Waals surface area contributed by atoms with Gasteiger partial charge >= 0.3 is 6.09 Å². The average molecular weight is 232 g/mol. The summed E-state index contributed by atoms with van der Waals surface area (Å²) in [5.74, 6) is 0. The predicted octanol–water partition coefficient (Wildman–Crippen LogP) is 2.14. The zero-order chi connectivity index (χ0) is 11.9. The maximum absolute atomic E-state index is 11.6. The normalized spacial score (nSPS) is 27.2. The van der Waals surface area contributed by atoms with Crippen LogP contribution in [0.15, 0.2) is 18.2 Å². The van der Waals surface area contributed by atoms with E-state index in [2.05, 4.69) is 23.6 Å². The van der Waals surface area contributed by atoms with Crippen LogP contribution in [0.25, 0.3) is 0 Å². The van der Waals surface area contributed by atoms with Crippen LogP contribution < -0.4 is 10.6 Å². The number of rotatable bonds is 0. The monoisotopic (exact) mass is 232 g/mol. The third kappa shape index (κ3) is 1.69. The van der Waals surface area contributed by atoms with E-state index in [0.29, 0.717) is 6.54 Å².